The van der Waals surface area contributed by atoms with Crippen molar-refractivity contribution in [2.24, 2.45) is 0 Å². The van der Waals surface area contributed by atoms with E-state index in [1.165, 1.54) is 16.6 Å². The van der Waals surface area contributed by atoms with E-state index in [0.29, 0.717) is 24.1 Å². The zero-order chi connectivity index (χ0) is 19.2. The molecule has 0 aliphatic rings. The minimum atomic E-state index is 0.527. The van der Waals surface area contributed by atoms with Gasteiger partial charge in [-0.1, -0.05) is 35.1 Å². The van der Waals surface area contributed by atoms with Gasteiger partial charge in [0.1, 0.15) is 12.1 Å². The Kier molecular flexibility index (Phi) is 6.03. The predicted octanol–water partition coefficient (Wildman–Crippen LogP) is 4.32. The molecule has 0 atom stereocenters. The number of ether oxygens (including phenoxy) is 1. The van der Waals surface area contributed by atoms with E-state index in [1.807, 2.05) is 35.8 Å². The largest absolute Gasteiger partial charge is 0.493 e. The first-order valence-corrected chi connectivity index (χ1v) is 10.8. The Morgan fingerprint density at radius 1 is 1.21 bits per heavy atom. The maximum atomic E-state index is 5.65. The summed E-state index contributed by atoms with van der Waals surface area (Å²) in [5, 5.41) is 15.3. The number of nitrogens with zero attached hydrogens (tertiary/aromatic N) is 5. The molecule has 0 N–H and O–H groups in total. The summed E-state index contributed by atoms with van der Waals surface area (Å²) < 4.78 is 13.1. The smallest absolute Gasteiger partial charge is 0.237 e. The SMILES string of the molecule is CCOc1ccccc1-c1noc(CSc2nncn2CCc2cccs2)n1. The summed E-state index contributed by atoms with van der Waals surface area (Å²) in [4.78, 5) is 5.85. The molecule has 0 saturated carbocycles. The third-order valence-electron chi connectivity index (χ3n) is 3.98. The molecule has 0 saturated heterocycles. The molecule has 4 rings (SSSR count). The molecular weight excluding hydrogens is 394 g/mol. The third-order valence-corrected chi connectivity index (χ3v) is 5.88. The maximum absolute atomic E-state index is 5.65. The molecule has 7 nitrogen and oxygen atoms in total. The van der Waals surface area contributed by atoms with Crippen LogP contribution in [0, 0.1) is 0 Å². The molecule has 0 aliphatic heterocycles. The average Bonchev–Trinajstić information content (AvgIpc) is 3.47. The first kappa shape index (κ1) is 18.7. The molecule has 4 aromatic rings. The molecule has 0 bridgehead atoms. The van der Waals surface area contributed by atoms with Crippen molar-refractivity contribution in [2.75, 3.05) is 6.61 Å². The van der Waals surface area contributed by atoms with Gasteiger partial charge in [0.2, 0.25) is 11.7 Å². The summed E-state index contributed by atoms with van der Waals surface area (Å²) in [7, 11) is 0. The molecule has 28 heavy (non-hydrogen) atoms. The van der Waals surface area contributed by atoms with Crippen molar-refractivity contribution < 1.29 is 9.26 Å². The lowest BCUT2D eigenvalue weighted by Gasteiger charge is -2.06. The van der Waals surface area contributed by atoms with Gasteiger partial charge in [-0.15, -0.1) is 21.5 Å². The number of benzene rings is 1. The highest BCUT2D eigenvalue weighted by Crippen LogP contribution is 2.28. The number of aromatic nitrogens is 5. The van der Waals surface area contributed by atoms with E-state index >= 15 is 0 Å². The molecule has 3 heterocycles. The van der Waals surface area contributed by atoms with Crippen LogP contribution < -0.4 is 4.74 Å². The van der Waals surface area contributed by atoms with E-state index < -0.39 is 0 Å². The van der Waals surface area contributed by atoms with E-state index in [0.717, 1.165) is 29.4 Å². The lowest BCUT2D eigenvalue weighted by molar-refractivity contribution is 0.341. The number of hydrogen-bond acceptors (Lipinski definition) is 8. The van der Waals surface area contributed by atoms with Crippen molar-refractivity contribution in [2.45, 2.75) is 30.8 Å². The molecule has 0 unspecified atom stereocenters. The third kappa shape index (κ3) is 4.42. The Bertz CT molecular complexity index is 1010. The summed E-state index contributed by atoms with van der Waals surface area (Å²) >= 11 is 3.29. The van der Waals surface area contributed by atoms with Crippen LogP contribution in [0.15, 0.2) is 57.8 Å². The van der Waals surface area contributed by atoms with Gasteiger partial charge in [-0.25, -0.2) is 0 Å². The number of para-hydroxylation sites is 1. The first-order valence-electron chi connectivity index (χ1n) is 8.91. The highest BCUT2D eigenvalue weighted by molar-refractivity contribution is 7.98. The average molecular weight is 414 g/mol. The Morgan fingerprint density at radius 3 is 3.00 bits per heavy atom. The highest BCUT2D eigenvalue weighted by Gasteiger charge is 2.14. The molecule has 0 fully saturated rings. The van der Waals surface area contributed by atoms with Gasteiger partial charge in [-0.2, -0.15) is 4.98 Å². The fraction of sp³-hybridized carbons (Fsp3) is 0.263. The van der Waals surface area contributed by atoms with Crippen molar-refractivity contribution in [3.8, 4) is 17.1 Å². The van der Waals surface area contributed by atoms with Crippen LogP contribution in [0.2, 0.25) is 0 Å². The van der Waals surface area contributed by atoms with Gasteiger partial charge in [0.05, 0.1) is 17.9 Å². The molecular formula is C19H19N5O2S2. The Labute approximate surface area is 170 Å². The molecule has 3 aromatic heterocycles. The van der Waals surface area contributed by atoms with Crippen molar-refractivity contribution in [3.05, 3.63) is 58.9 Å². The van der Waals surface area contributed by atoms with Crippen molar-refractivity contribution in [1.29, 1.82) is 0 Å². The van der Waals surface area contributed by atoms with Crippen molar-refractivity contribution in [1.82, 2.24) is 24.9 Å². The zero-order valence-corrected chi connectivity index (χ0v) is 16.9. The fourth-order valence-electron chi connectivity index (χ4n) is 2.68. The highest BCUT2D eigenvalue weighted by atomic mass is 32.2. The van der Waals surface area contributed by atoms with Gasteiger partial charge in [0.25, 0.3) is 0 Å². The monoisotopic (exact) mass is 413 g/mol. The molecule has 0 spiro atoms. The quantitative estimate of drug-likeness (QED) is 0.378. The number of hydrogen-bond donors (Lipinski definition) is 0. The van der Waals surface area contributed by atoms with Crippen LogP contribution in [0.5, 0.6) is 5.75 Å². The van der Waals surface area contributed by atoms with E-state index in [-0.39, 0.29) is 0 Å². The number of rotatable bonds is 9. The first-order chi connectivity index (χ1) is 13.8. The summed E-state index contributed by atoms with van der Waals surface area (Å²) in [5.41, 5.74) is 0.823. The zero-order valence-electron chi connectivity index (χ0n) is 15.3. The number of thiophene rings is 1. The summed E-state index contributed by atoms with van der Waals surface area (Å²) in [5.74, 6) is 2.35. The molecule has 9 heteroatoms. The van der Waals surface area contributed by atoms with Crippen LogP contribution in [0.4, 0.5) is 0 Å². The summed E-state index contributed by atoms with van der Waals surface area (Å²) in [6.45, 7) is 3.37. The lowest BCUT2D eigenvalue weighted by Crippen LogP contribution is -2.01. The van der Waals surface area contributed by atoms with Crippen LogP contribution >= 0.6 is 23.1 Å². The molecule has 0 amide bonds. The number of thioether (sulfide) groups is 1. The number of aryl methyl sites for hydroxylation is 2. The lowest BCUT2D eigenvalue weighted by atomic mass is 10.2. The van der Waals surface area contributed by atoms with Crippen molar-refractivity contribution in [3.63, 3.8) is 0 Å². The van der Waals surface area contributed by atoms with Gasteiger partial charge in [0, 0.05) is 11.4 Å². The van der Waals surface area contributed by atoms with Gasteiger partial charge in [0.15, 0.2) is 5.16 Å². The topological polar surface area (TPSA) is 78.9 Å². The molecule has 0 radical (unpaired) electrons. The Balaban J connectivity index is 1.40. The minimum absolute atomic E-state index is 0.527. The van der Waals surface area contributed by atoms with E-state index in [9.17, 15) is 0 Å². The standard InChI is InChI=1S/C19H19N5O2S2/c1-2-25-16-8-4-3-7-15(16)18-21-17(26-23-18)12-28-19-22-20-13-24(19)10-9-14-6-5-11-27-14/h3-8,11,13H,2,9-10,12H2,1H3. The van der Waals surface area contributed by atoms with Crippen LogP contribution in [-0.4, -0.2) is 31.5 Å². The molecule has 1 aromatic carbocycles. The van der Waals surface area contributed by atoms with Crippen molar-refractivity contribution >= 4 is 23.1 Å². The second-order valence-electron chi connectivity index (χ2n) is 5.87. The van der Waals surface area contributed by atoms with Crippen LogP contribution in [-0.2, 0) is 18.7 Å². The second-order valence-corrected chi connectivity index (χ2v) is 7.84. The Morgan fingerprint density at radius 2 is 2.14 bits per heavy atom. The molecule has 0 aliphatic carbocycles. The van der Waals surface area contributed by atoms with Gasteiger partial charge in [-0.3, -0.25) is 0 Å². The molecule has 144 valence electrons. The van der Waals surface area contributed by atoms with Crippen LogP contribution in [0.25, 0.3) is 11.4 Å². The minimum Gasteiger partial charge on any atom is -0.493 e. The second kappa shape index (κ2) is 9.03. The summed E-state index contributed by atoms with van der Waals surface area (Å²) in [6.07, 6.45) is 2.72. The predicted molar refractivity (Wildman–Crippen MR) is 109 cm³/mol. The van der Waals surface area contributed by atoms with Crippen LogP contribution in [0.1, 0.15) is 17.7 Å². The van der Waals surface area contributed by atoms with E-state index in [4.69, 9.17) is 9.26 Å². The van der Waals surface area contributed by atoms with E-state index in [2.05, 4.69) is 37.9 Å². The van der Waals surface area contributed by atoms with Crippen LogP contribution in [0.3, 0.4) is 0 Å². The van der Waals surface area contributed by atoms with Gasteiger partial charge < -0.3 is 13.8 Å². The normalized spacial score (nSPS) is 11.0. The van der Waals surface area contributed by atoms with Gasteiger partial charge >= 0.3 is 0 Å². The van der Waals surface area contributed by atoms with E-state index in [1.54, 1.807) is 17.7 Å². The van der Waals surface area contributed by atoms with Gasteiger partial charge in [-0.05, 0) is 36.9 Å². The summed E-state index contributed by atoms with van der Waals surface area (Å²) in [6, 6.07) is 11.9. The Hall–Kier alpha value is -2.65. The maximum Gasteiger partial charge on any atom is 0.237 e. The fourth-order valence-corrected chi connectivity index (χ4v) is 4.15.